The summed E-state index contributed by atoms with van der Waals surface area (Å²) in [6, 6.07) is 4.49. The van der Waals surface area contributed by atoms with E-state index in [2.05, 4.69) is 24.5 Å². The molecule has 128 valence electrons. The van der Waals surface area contributed by atoms with Gasteiger partial charge in [0.1, 0.15) is 10.6 Å². The van der Waals surface area contributed by atoms with Crippen LogP contribution in [-0.2, 0) is 9.84 Å². The molecule has 0 aliphatic carbocycles. The summed E-state index contributed by atoms with van der Waals surface area (Å²) >= 11 is 0. The number of piperidine rings is 1. The molecule has 1 saturated heterocycles. The van der Waals surface area contributed by atoms with Gasteiger partial charge in [0.2, 0.25) is 0 Å². The minimum absolute atomic E-state index is 0.0779. The predicted octanol–water partition coefficient (Wildman–Crippen LogP) is 2.19. The molecule has 23 heavy (non-hydrogen) atoms. The van der Waals surface area contributed by atoms with Gasteiger partial charge in [0.25, 0.3) is 0 Å². The smallest absolute Gasteiger partial charge is 0.310 e. The molecule has 0 saturated carbocycles. The van der Waals surface area contributed by atoms with Crippen LogP contribution >= 0.6 is 0 Å². The molecule has 1 aliphatic heterocycles. The van der Waals surface area contributed by atoms with Crippen molar-refractivity contribution in [2.45, 2.75) is 37.6 Å². The topological polar surface area (TPSA) is 101 Å². The lowest BCUT2D eigenvalue weighted by Gasteiger charge is -2.39. The Morgan fingerprint density at radius 2 is 2.13 bits per heavy atom. The number of nitrogens with one attached hydrogen (secondary N) is 2. The van der Waals surface area contributed by atoms with E-state index in [4.69, 9.17) is 0 Å². The van der Waals surface area contributed by atoms with E-state index in [9.17, 15) is 18.5 Å². The second-order valence-electron chi connectivity index (χ2n) is 6.66. The van der Waals surface area contributed by atoms with Crippen molar-refractivity contribution in [1.82, 2.24) is 5.32 Å². The zero-order chi connectivity index (χ0) is 17.3. The molecule has 1 aromatic carbocycles. The summed E-state index contributed by atoms with van der Waals surface area (Å²) in [7, 11) is -3.66. The first-order valence-corrected chi connectivity index (χ1v) is 9.47. The second-order valence-corrected chi connectivity index (χ2v) is 8.65. The van der Waals surface area contributed by atoms with Crippen LogP contribution in [0.15, 0.2) is 23.1 Å². The van der Waals surface area contributed by atoms with Crippen molar-refractivity contribution in [1.29, 1.82) is 0 Å². The first-order chi connectivity index (χ1) is 10.6. The Morgan fingerprint density at radius 1 is 1.43 bits per heavy atom. The molecule has 1 heterocycles. The first-order valence-electron chi connectivity index (χ1n) is 7.57. The number of hydrogen-bond acceptors (Lipinski definition) is 6. The molecular weight excluding hydrogens is 318 g/mol. The van der Waals surface area contributed by atoms with Crippen molar-refractivity contribution >= 4 is 21.2 Å². The van der Waals surface area contributed by atoms with Gasteiger partial charge in [-0.1, -0.05) is 19.9 Å². The number of nitro benzene ring substituents is 1. The summed E-state index contributed by atoms with van der Waals surface area (Å²) in [5.74, 6) is 0. The summed E-state index contributed by atoms with van der Waals surface area (Å²) in [5, 5.41) is 17.8. The summed E-state index contributed by atoms with van der Waals surface area (Å²) < 4.78 is 23.5. The highest BCUT2D eigenvalue weighted by Crippen LogP contribution is 2.34. The molecule has 0 amide bonds. The fourth-order valence-corrected chi connectivity index (χ4v) is 3.85. The van der Waals surface area contributed by atoms with Crippen LogP contribution in [0.4, 0.5) is 11.4 Å². The van der Waals surface area contributed by atoms with Crippen LogP contribution < -0.4 is 10.6 Å². The molecule has 7 nitrogen and oxygen atoms in total. The molecule has 0 aromatic heterocycles. The SMILES string of the molecule is CC1(C)CCCNC1CNc1cccc(S(C)(=O)=O)c1[N+](=O)[O-]. The van der Waals surface area contributed by atoms with Gasteiger partial charge >= 0.3 is 5.69 Å². The van der Waals surface area contributed by atoms with Crippen LogP contribution in [0, 0.1) is 15.5 Å². The van der Waals surface area contributed by atoms with E-state index in [1.165, 1.54) is 12.1 Å². The molecule has 2 N–H and O–H groups in total. The van der Waals surface area contributed by atoms with E-state index in [1.54, 1.807) is 6.07 Å². The minimum Gasteiger partial charge on any atom is -0.378 e. The van der Waals surface area contributed by atoms with E-state index < -0.39 is 14.8 Å². The lowest BCUT2D eigenvalue weighted by Crippen LogP contribution is -2.50. The van der Waals surface area contributed by atoms with E-state index in [1.807, 2.05) is 0 Å². The number of rotatable bonds is 5. The minimum atomic E-state index is -3.66. The summed E-state index contributed by atoms with van der Waals surface area (Å²) in [6.07, 6.45) is 3.16. The Labute approximate surface area is 136 Å². The van der Waals surface area contributed by atoms with Crippen molar-refractivity contribution in [3.8, 4) is 0 Å². The molecule has 0 spiro atoms. The number of anilines is 1. The quantitative estimate of drug-likeness (QED) is 0.629. The summed E-state index contributed by atoms with van der Waals surface area (Å²) in [5.41, 5.74) is -0.0706. The zero-order valence-corrected chi connectivity index (χ0v) is 14.4. The maximum atomic E-state index is 11.8. The molecule has 1 aromatic rings. The molecule has 8 heteroatoms. The number of para-hydroxylation sites is 1. The van der Waals surface area contributed by atoms with Crippen LogP contribution in [0.3, 0.4) is 0 Å². The van der Waals surface area contributed by atoms with Gasteiger partial charge < -0.3 is 10.6 Å². The Morgan fingerprint density at radius 3 is 2.70 bits per heavy atom. The molecule has 1 unspecified atom stereocenters. The van der Waals surface area contributed by atoms with Crippen molar-refractivity contribution in [3.63, 3.8) is 0 Å². The fraction of sp³-hybridized carbons (Fsp3) is 0.600. The predicted molar refractivity (Wildman–Crippen MR) is 89.5 cm³/mol. The second kappa shape index (κ2) is 6.45. The third-order valence-corrected chi connectivity index (χ3v) is 5.54. The van der Waals surface area contributed by atoms with Crippen LogP contribution in [-0.4, -0.2) is 38.7 Å². The summed E-state index contributed by atoms with van der Waals surface area (Å²) in [6.45, 7) is 5.74. The van der Waals surface area contributed by atoms with Gasteiger partial charge in [-0.05, 0) is 36.9 Å². The number of sulfone groups is 1. The highest BCUT2D eigenvalue weighted by Gasteiger charge is 2.32. The highest BCUT2D eigenvalue weighted by molar-refractivity contribution is 7.90. The largest absolute Gasteiger partial charge is 0.378 e. The van der Waals surface area contributed by atoms with Gasteiger partial charge in [0.05, 0.1) is 4.92 Å². The third-order valence-electron chi connectivity index (χ3n) is 4.41. The van der Waals surface area contributed by atoms with Crippen molar-refractivity contribution in [2.75, 3.05) is 24.7 Å². The zero-order valence-electron chi connectivity index (χ0n) is 13.6. The molecule has 0 bridgehead atoms. The maximum Gasteiger partial charge on any atom is 0.310 e. The van der Waals surface area contributed by atoms with E-state index in [0.717, 1.165) is 25.6 Å². The molecular formula is C15H23N3O4S. The molecule has 1 aliphatic rings. The van der Waals surface area contributed by atoms with E-state index in [0.29, 0.717) is 6.54 Å². The van der Waals surface area contributed by atoms with E-state index >= 15 is 0 Å². The lowest BCUT2D eigenvalue weighted by molar-refractivity contribution is -0.386. The van der Waals surface area contributed by atoms with Crippen LogP contribution in [0.25, 0.3) is 0 Å². The first kappa shape index (κ1) is 17.7. The molecule has 2 rings (SSSR count). The van der Waals surface area contributed by atoms with Gasteiger partial charge in [0.15, 0.2) is 9.84 Å². The molecule has 1 atom stereocenters. The lowest BCUT2D eigenvalue weighted by atomic mass is 9.77. The van der Waals surface area contributed by atoms with Crippen LogP contribution in [0.2, 0.25) is 0 Å². The molecule has 1 fully saturated rings. The van der Waals surface area contributed by atoms with Crippen molar-refractivity contribution in [2.24, 2.45) is 5.41 Å². The molecule has 0 radical (unpaired) electrons. The van der Waals surface area contributed by atoms with Gasteiger partial charge in [-0.2, -0.15) is 0 Å². The monoisotopic (exact) mass is 341 g/mol. The number of hydrogen-bond donors (Lipinski definition) is 2. The summed E-state index contributed by atoms with van der Waals surface area (Å²) in [4.78, 5) is 10.5. The van der Waals surface area contributed by atoms with Crippen molar-refractivity contribution in [3.05, 3.63) is 28.3 Å². The number of benzene rings is 1. The highest BCUT2D eigenvalue weighted by atomic mass is 32.2. The third kappa shape index (κ3) is 4.00. The maximum absolute atomic E-state index is 11.8. The Bertz CT molecular complexity index is 701. The Kier molecular flexibility index (Phi) is 4.95. The van der Waals surface area contributed by atoms with Crippen LogP contribution in [0.1, 0.15) is 26.7 Å². The van der Waals surface area contributed by atoms with E-state index in [-0.39, 0.29) is 27.7 Å². The standard InChI is InChI=1S/C15H23N3O4S/c1-15(2)8-5-9-16-13(15)10-17-11-6-4-7-12(23(3,21)22)14(11)18(19)20/h4,6-7,13,16-17H,5,8-10H2,1-3H3. The number of nitro groups is 1. The van der Waals surface area contributed by atoms with Crippen molar-refractivity contribution < 1.29 is 13.3 Å². The van der Waals surface area contributed by atoms with Gasteiger partial charge in [-0.15, -0.1) is 0 Å². The van der Waals surface area contributed by atoms with Crippen LogP contribution in [0.5, 0.6) is 0 Å². The number of nitrogens with zero attached hydrogens (tertiary/aromatic N) is 1. The fourth-order valence-electron chi connectivity index (χ4n) is 2.98. The van der Waals surface area contributed by atoms with Gasteiger partial charge in [0, 0.05) is 18.8 Å². The van der Waals surface area contributed by atoms with Gasteiger partial charge in [-0.3, -0.25) is 10.1 Å². The average Bonchev–Trinajstić information content (AvgIpc) is 2.44. The van der Waals surface area contributed by atoms with Gasteiger partial charge in [-0.25, -0.2) is 8.42 Å². The Balaban J connectivity index is 2.28. The average molecular weight is 341 g/mol. The Hall–Kier alpha value is -1.67. The normalized spacial score (nSPS) is 20.9.